The van der Waals surface area contributed by atoms with Gasteiger partial charge in [0.15, 0.2) is 0 Å². The number of nitriles is 1. The molecule has 0 spiro atoms. The average Bonchev–Trinajstić information content (AvgIpc) is 2.46. The van der Waals surface area contributed by atoms with Crippen molar-refractivity contribution in [2.75, 3.05) is 0 Å². The molecule has 1 aromatic carbocycles. The molecule has 8 heteroatoms. The van der Waals surface area contributed by atoms with Crippen LogP contribution in [-0.2, 0) is 10.0 Å². The van der Waals surface area contributed by atoms with Gasteiger partial charge in [0.2, 0.25) is 0 Å². The lowest BCUT2D eigenvalue weighted by Crippen LogP contribution is -2.30. The molecule has 1 aromatic heterocycles. The minimum atomic E-state index is -4.20. The lowest BCUT2D eigenvalue weighted by atomic mass is 10.2. The summed E-state index contributed by atoms with van der Waals surface area (Å²) in [7, 11) is -4.20. The van der Waals surface area contributed by atoms with E-state index in [-0.39, 0.29) is 16.2 Å². The number of hydrogen-bond donors (Lipinski definition) is 1. The Balaban J connectivity index is 2.27. The van der Waals surface area contributed by atoms with Crippen molar-refractivity contribution in [3.05, 3.63) is 59.2 Å². The number of rotatable bonds is 3. The summed E-state index contributed by atoms with van der Waals surface area (Å²) in [6.07, 6.45) is 1.08. The number of halogens is 1. The standard InChI is InChI=1S/C14H10FN3O3S/c1-9-4-11(15)6-13(5-9)22(20,21)18-14(19)10-2-3-12(7-16)17-8-10/h2-6,8H,1H3,(H,18,19). The first-order chi connectivity index (χ1) is 10.3. The minimum absolute atomic E-state index is 0.0318. The van der Waals surface area contributed by atoms with Crippen LogP contribution in [0.15, 0.2) is 41.4 Å². The maximum Gasteiger partial charge on any atom is 0.266 e. The van der Waals surface area contributed by atoms with Crippen LogP contribution in [0.3, 0.4) is 0 Å². The number of carbonyl (C=O) groups excluding carboxylic acids is 1. The van der Waals surface area contributed by atoms with E-state index < -0.39 is 21.7 Å². The maximum atomic E-state index is 13.3. The number of nitrogens with one attached hydrogen (secondary N) is 1. The Morgan fingerprint density at radius 1 is 1.32 bits per heavy atom. The number of aromatic nitrogens is 1. The summed E-state index contributed by atoms with van der Waals surface area (Å²) in [5.74, 6) is -1.63. The van der Waals surface area contributed by atoms with Gasteiger partial charge in [-0.05, 0) is 42.8 Å². The van der Waals surface area contributed by atoms with Crippen LogP contribution in [0.1, 0.15) is 21.6 Å². The highest BCUT2D eigenvalue weighted by molar-refractivity contribution is 7.90. The molecular weight excluding hydrogens is 309 g/mol. The van der Waals surface area contributed by atoms with Gasteiger partial charge in [-0.2, -0.15) is 5.26 Å². The van der Waals surface area contributed by atoms with E-state index in [0.29, 0.717) is 5.56 Å². The first-order valence-corrected chi connectivity index (χ1v) is 7.50. The van der Waals surface area contributed by atoms with Gasteiger partial charge in [0.05, 0.1) is 10.5 Å². The van der Waals surface area contributed by atoms with Crippen LogP contribution in [0.4, 0.5) is 4.39 Å². The largest absolute Gasteiger partial charge is 0.268 e. The summed E-state index contributed by atoms with van der Waals surface area (Å²) in [6, 6.07) is 7.57. The monoisotopic (exact) mass is 319 g/mol. The van der Waals surface area contributed by atoms with Crippen molar-refractivity contribution < 1.29 is 17.6 Å². The molecule has 0 aliphatic rings. The smallest absolute Gasteiger partial charge is 0.266 e. The first-order valence-electron chi connectivity index (χ1n) is 6.02. The summed E-state index contributed by atoms with van der Waals surface area (Å²) in [4.78, 5) is 15.2. The van der Waals surface area contributed by atoms with Gasteiger partial charge >= 0.3 is 0 Å². The second-order valence-electron chi connectivity index (χ2n) is 4.44. The third-order valence-corrected chi connectivity index (χ3v) is 4.00. The molecule has 0 saturated carbocycles. The van der Waals surface area contributed by atoms with Crippen molar-refractivity contribution in [1.29, 1.82) is 5.26 Å². The first kappa shape index (κ1) is 15.6. The minimum Gasteiger partial charge on any atom is -0.268 e. The Bertz CT molecular complexity index is 851. The third kappa shape index (κ3) is 3.45. The Hall–Kier alpha value is -2.79. The van der Waals surface area contributed by atoms with Gasteiger partial charge in [-0.3, -0.25) is 4.79 Å². The van der Waals surface area contributed by atoms with Crippen LogP contribution in [-0.4, -0.2) is 19.3 Å². The van der Waals surface area contributed by atoms with Crippen LogP contribution < -0.4 is 4.72 Å². The van der Waals surface area contributed by atoms with E-state index in [1.54, 1.807) is 6.07 Å². The highest BCUT2D eigenvalue weighted by Gasteiger charge is 2.20. The predicted octanol–water partition coefficient (Wildman–Crippen LogP) is 1.52. The molecule has 1 N–H and O–H groups in total. The summed E-state index contributed by atoms with van der Waals surface area (Å²) in [5, 5.41) is 8.61. The lowest BCUT2D eigenvalue weighted by molar-refractivity contribution is 0.0981. The van der Waals surface area contributed by atoms with E-state index in [1.165, 1.54) is 31.2 Å². The number of carbonyl (C=O) groups is 1. The highest BCUT2D eigenvalue weighted by Crippen LogP contribution is 2.14. The average molecular weight is 319 g/mol. The maximum absolute atomic E-state index is 13.3. The second-order valence-corrected chi connectivity index (χ2v) is 6.13. The molecule has 0 radical (unpaired) electrons. The summed E-state index contributed by atoms with van der Waals surface area (Å²) >= 11 is 0. The Labute approximate surface area is 126 Å². The van der Waals surface area contributed by atoms with Gasteiger partial charge < -0.3 is 0 Å². The molecule has 0 fully saturated rings. The molecule has 2 aromatic rings. The molecule has 0 aliphatic heterocycles. The SMILES string of the molecule is Cc1cc(F)cc(S(=O)(=O)NC(=O)c2ccc(C#N)nc2)c1. The van der Waals surface area contributed by atoms with Crippen molar-refractivity contribution in [1.82, 2.24) is 9.71 Å². The molecular formula is C14H10FN3O3S. The van der Waals surface area contributed by atoms with Crippen LogP contribution in [0.25, 0.3) is 0 Å². The van der Waals surface area contributed by atoms with E-state index in [0.717, 1.165) is 12.3 Å². The quantitative estimate of drug-likeness (QED) is 0.924. The van der Waals surface area contributed by atoms with Gasteiger partial charge in [0.1, 0.15) is 17.6 Å². The number of benzene rings is 1. The van der Waals surface area contributed by atoms with Crippen LogP contribution in [0.2, 0.25) is 0 Å². The fourth-order valence-electron chi connectivity index (χ4n) is 1.69. The van der Waals surface area contributed by atoms with Crippen molar-refractivity contribution in [3.8, 4) is 6.07 Å². The van der Waals surface area contributed by atoms with Gasteiger partial charge in [-0.1, -0.05) is 0 Å². The highest BCUT2D eigenvalue weighted by atomic mass is 32.2. The molecule has 22 heavy (non-hydrogen) atoms. The number of nitrogens with zero attached hydrogens (tertiary/aromatic N) is 2. The lowest BCUT2D eigenvalue weighted by Gasteiger charge is -2.08. The fraction of sp³-hybridized carbons (Fsp3) is 0.0714. The third-order valence-electron chi connectivity index (χ3n) is 2.69. The van der Waals surface area contributed by atoms with Crippen molar-refractivity contribution in [3.63, 3.8) is 0 Å². The van der Waals surface area contributed by atoms with Crippen molar-refractivity contribution >= 4 is 15.9 Å². The zero-order valence-electron chi connectivity index (χ0n) is 11.4. The molecule has 0 bridgehead atoms. The molecule has 0 atom stereocenters. The van der Waals surface area contributed by atoms with Crippen LogP contribution in [0, 0.1) is 24.1 Å². The number of aryl methyl sites for hydroxylation is 1. The van der Waals surface area contributed by atoms with E-state index >= 15 is 0 Å². The van der Waals surface area contributed by atoms with E-state index in [1.807, 2.05) is 4.72 Å². The van der Waals surface area contributed by atoms with Crippen LogP contribution >= 0.6 is 0 Å². The molecule has 0 saturated heterocycles. The predicted molar refractivity (Wildman–Crippen MR) is 74.7 cm³/mol. The van der Waals surface area contributed by atoms with Gasteiger partial charge in [-0.15, -0.1) is 0 Å². The Kier molecular flexibility index (Phi) is 4.19. The molecule has 1 amide bonds. The summed E-state index contributed by atoms with van der Waals surface area (Å²) < 4.78 is 39.3. The van der Waals surface area contributed by atoms with Gasteiger partial charge in [-0.25, -0.2) is 22.5 Å². The molecule has 2 rings (SSSR count). The van der Waals surface area contributed by atoms with E-state index in [9.17, 15) is 17.6 Å². The molecule has 6 nitrogen and oxygen atoms in total. The summed E-state index contributed by atoms with van der Waals surface area (Å²) in [5.41, 5.74) is 0.476. The molecule has 112 valence electrons. The molecule has 1 heterocycles. The van der Waals surface area contributed by atoms with E-state index in [4.69, 9.17) is 5.26 Å². The van der Waals surface area contributed by atoms with E-state index in [2.05, 4.69) is 4.98 Å². The number of sulfonamides is 1. The van der Waals surface area contributed by atoms with Crippen molar-refractivity contribution in [2.24, 2.45) is 0 Å². The normalized spacial score (nSPS) is 10.8. The fourth-order valence-corrected chi connectivity index (χ4v) is 2.78. The summed E-state index contributed by atoms with van der Waals surface area (Å²) in [6.45, 7) is 1.54. The van der Waals surface area contributed by atoms with Crippen LogP contribution in [0.5, 0.6) is 0 Å². The number of hydrogen-bond acceptors (Lipinski definition) is 5. The molecule has 0 unspecified atom stereocenters. The molecule has 0 aliphatic carbocycles. The van der Waals surface area contributed by atoms with Gasteiger partial charge in [0.25, 0.3) is 15.9 Å². The Morgan fingerprint density at radius 3 is 2.59 bits per heavy atom. The Morgan fingerprint density at radius 2 is 2.05 bits per heavy atom. The topological polar surface area (TPSA) is 99.9 Å². The zero-order valence-corrected chi connectivity index (χ0v) is 12.2. The number of amides is 1. The second kappa shape index (κ2) is 5.91. The number of pyridine rings is 1. The zero-order chi connectivity index (χ0) is 16.3. The van der Waals surface area contributed by atoms with Gasteiger partial charge in [0, 0.05) is 6.20 Å². The van der Waals surface area contributed by atoms with Crippen molar-refractivity contribution in [2.45, 2.75) is 11.8 Å².